The van der Waals surface area contributed by atoms with Gasteiger partial charge < -0.3 is 14.7 Å². The highest BCUT2D eigenvalue weighted by atomic mass is 19.4. The normalized spacial score (nSPS) is 12.0. The van der Waals surface area contributed by atoms with Crippen molar-refractivity contribution in [1.82, 2.24) is 4.90 Å². The number of rotatable bonds is 6. The molecule has 11 heteroatoms. The Hall–Kier alpha value is -2.30. The molecule has 1 N–H and O–H groups in total. The number of amides is 1. The lowest BCUT2D eigenvalue weighted by molar-refractivity contribution is -0.143. The van der Waals surface area contributed by atoms with E-state index in [0.717, 1.165) is 12.0 Å². The molecule has 0 radical (unpaired) electrons. The standard InChI is InChI=1S/C15H15F6NO4/c1-26-12(24)2-3-22(4-5-23)13(25)9-6-10(14(16,17)18)8-11(7-9)15(19,20)21/h6-8,23H,2-5H2,1H3. The number of nitrogens with zero attached hydrogens (tertiary/aromatic N) is 1. The van der Waals surface area contributed by atoms with Crippen LogP contribution >= 0.6 is 0 Å². The molecule has 1 aromatic rings. The third-order valence-corrected chi connectivity index (χ3v) is 3.31. The predicted octanol–water partition coefficient (Wildman–Crippen LogP) is 2.72. The van der Waals surface area contributed by atoms with Crippen LogP contribution in [0.2, 0.25) is 0 Å². The van der Waals surface area contributed by atoms with Crippen LogP contribution in [-0.2, 0) is 21.9 Å². The number of carbonyl (C=O) groups excluding carboxylic acids is 2. The fourth-order valence-electron chi connectivity index (χ4n) is 2.02. The van der Waals surface area contributed by atoms with Crippen molar-refractivity contribution in [2.75, 3.05) is 26.8 Å². The number of halogens is 6. The topological polar surface area (TPSA) is 66.8 Å². The molecule has 1 rings (SSSR count). The van der Waals surface area contributed by atoms with Crippen LogP contribution in [0.3, 0.4) is 0 Å². The maximum atomic E-state index is 12.9. The van der Waals surface area contributed by atoms with Gasteiger partial charge in [0, 0.05) is 18.7 Å². The second-order valence-corrected chi connectivity index (χ2v) is 5.14. The largest absolute Gasteiger partial charge is 0.469 e. The number of benzene rings is 1. The molecule has 0 bridgehead atoms. The second-order valence-electron chi connectivity index (χ2n) is 5.14. The van der Waals surface area contributed by atoms with Crippen LogP contribution in [0.25, 0.3) is 0 Å². The number of hydrogen-bond acceptors (Lipinski definition) is 4. The Morgan fingerprint density at radius 3 is 1.88 bits per heavy atom. The van der Waals surface area contributed by atoms with Crippen LogP contribution < -0.4 is 0 Å². The molecular formula is C15H15F6NO4. The van der Waals surface area contributed by atoms with Crippen molar-refractivity contribution in [1.29, 1.82) is 0 Å². The van der Waals surface area contributed by atoms with E-state index >= 15 is 0 Å². The van der Waals surface area contributed by atoms with Crippen molar-refractivity contribution in [3.8, 4) is 0 Å². The van der Waals surface area contributed by atoms with Crippen molar-refractivity contribution in [3.63, 3.8) is 0 Å². The average molecular weight is 387 g/mol. The lowest BCUT2D eigenvalue weighted by Gasteiger charge is -2.22. The quantitative estimate of drug-likeness (QED) is 0.602. The van der Waals surface area contributed by atoms with Crippen molar-refractivity contribution in [2.45, 2.75) is 18.8 Å². The molecular weight excluding hydrogens is 372 g/mol. The number of aliphatic hydroxyl groups is 1. The number of methoxy groups -OCH3 is 1. The summed E-state index contributed by atoms with van der Waals surface area (Å²) in [6.07, 6.45) is -10.5. The molecule has 0 unspecified atom stereocenters. The maximum absolute atomic E-state index is 12.9. The molecule has 0 fully saturated rings. The molecule has 1 amide bonds. The zero-order valence-corrected chi connectivity index (χ0v) is 13.4. The molecule has 0 saturated carbocycles. The third-order valence-electron chi connectivity index (χ3n) is 3.31. The molecule has 0 aliphatic rings. The zero-order chi connectivity index (χ0) is 20.1. The van der Waals surface area contributed by atoms with Gasteiger partial charge in [-0.1, -0.05) is 0 Å². The van der Waals surface area contributed by atoms with Gasteiger partial charge in [-0.05, 0) is 18.2 Å². The van der Waals surface area contributed by atoms with Gasteiger partial charge in [0.25, 0.3) is 5.91 Å². The summed E-state index contributed by atoms with van der Waals surface area (Å²) in [5.74, 6) is -1.92. The number of aliphatic hydroxyl groups excluding tert-OH is 1. The van der Waals surface area contributed by atoms with E-state index in [0.29, 0.717) is 12.1 Å². The van der Waals surface area contributed by atoms with Gasteiger partial charge in [0.15, 0.2) is 0 Å². The van der Waals surface area contributed by atoms with Crippen molar-refractivity contribution in [3.05, 3.63) is 34.9 Å². The highest BCUT2D eigenvalue weighted by Crippen LogP contribution is 2.36. The fraction of sp³-hybridized carbons (Fsp3) is 0.467. The Labute approximate surface area is 144 Å². The molecule has 146 valence electrons. The first-order valence-corrected chi connectivity index (χ1v) is 7.16. The summed E-state index contributed by atoms with van der Waals surface area (Å²) in [7, 11) is 1.07. The minimum absolute atomic E-state index is 0.0956. The SMILES string of the molecule is COC(=O)CCN(CCO)C(=O)c1cc(C(F)(F)F)cc(C(F)(F)F)c1. The Morgan fingerprint density at radius 1 is 1.00 bits per heavy atom. The van der Waals surface area contributed by atoms with E-state index in [-0.39, 0.29) is 25.6 Å². The first-order chi connectivity index (χ1) is 11.9. The Morgan fingerprint density at radius 2 is 1.50 bits per heavy atom. The van der Waals surface area contributed by atoms with Crippen LogP contribution in [0, 0.1) is 0 Å². The van der Waals surface area contributed by atoms with Crippen LogP contribution in [0.4, 0.5) is 26.3 Å². The lowest BCUT2D eigenvalue weighted by Crippen LogP contribution is -2.35. The molecule has 0 aliphatic carbocycles. The number of ether oxygens (including phenoxy) is 1. The number of esters is 1. The fourth-order valence-corrected chi connectivity index (χ4v) is 2.02. The first kappa shape index (κ1) is 21.7. The van der Waals surface area contributed by atoms with E-state index < -0.39 is 47.5 Å². The summed E-state index contributed by atoms with van der Waals surface area (Å²) < 4.78 is 81.5. The van der Waals surface area contributed by atoms with Crippen molar-refractivity contribution < 1.29 is 45.8 Å². The smallest absolute Gasteiger partial charge is 0.416 e. The maximum Gasteiger partial charge on any atom is 0.416 e. The third kappa shape index (κ3) is 5.90. The van der Waals surface area contributed by atoms with E-state index in [1.165, 1.54) is 0 Å². The van der Waals surface area contributed by atoms with Gasteiger partial charge in [-0.3, -0.25) is 9.59 Å². The van der Waals surface area contributed by atoms with Crippen LogP contribution in [-0.4, -0.2) is 48.7 Å². The van der Waals surface area contributed by atoms with E-state index in [1.54, 1.807) is 0 Å². The number of carbonyl (C=O) groups is 2. The second kappa shape index (κ2) is 8.39. The van der Waals surface area contributed by atoms with Gasteiger partial charge >= 0.3 is 18.3 Å². The number of hydrogen-bond donors (Lipinski definition) is 1. The zero-order valence-electron chi connectivity index (χ0n) is 13.4. The van der Waals surface area contributed by atoms with Crippen molar-refractivity contribution in [2.24, 2.45) is 0 Å². The average Bonchev–Trinajstić information content (AvgIpc) is 2.55. The van der Waals surface area contributed by atoms with E-state index in [9.17, 15) is 35.9 Å². The summed E-state index contributed by atoms with van der Waals surface area (Å²) in [4.78, 5) is 24.2. The summed E-state index contributed by atoms with van der Waals surface area (Å²) in [6.45, 7) is -1.32. The van der Waals surface area contributed by atoms with Crippen LogP contribution in [0.5, 0.6) is 0 Å². The van der Waals surface area contributed by atoms with E-state index in [2.05, 4.69) is 4.74 Å². The van der Waals surface area contributed by atoms with Gasteiger partial charge in [-0.25, -0.2) is 0 Å². The summed E-state index contributed by atoms with van der Waals surface area (Å²) >= 11 is 0. The summed E-state index contributed by atoms with van der Waals surface area (Å²) in [5.41, 5.74) is -4.12. The lowest BCUT2D eigenvalue weighted by atomic mass is 10.0. The van der Waals surface area contributed by atoms with Gasteiger partial charge in [0.1, 0.15) is 0 Å². The summed E-state index contributed by atoms with van der Waals surface area (Å²) in [5, 5.41) is 8.95. The monoisotopic (exact) mass is 387 g/mol. The molecule has 0 heterocycles. The van der Waals surface area contributed by atoms with E-state index in [4.69, 9.17) is 5.11 Å². The molecule has 26 heavy (non-hydrogen) atoms. The first-order valence-electron chi connectivity index (χ1n) is 7.16. The van der Waals surface area contributed by atoms with Gasteiger partial charge in [0.2, 0.25) is 0 Å². The van der Waals surface area contributed by atoms with Gasteiger partial charge in [-0.15, -0.1) is 0 Å². The Balaban J connectivity index is 3.27. The van der Waals surface area contributed by atoms with Crippen LogP contribution in [0.1, 0.15) is 27.9 Å². The minimum Gasteiger partial charge on any atom is -0.469 e. The molecule has 0 aromatic heterocycles. The molecule has 0 atom stereocenters. The molecule has 5 nitrogen and oxygen atoms in total. The molecule has 0 spiro atoms. The Kier molecular flexibility index (Phi) is 7.01. The number of alkyl halides is 6. The molecule has 0 aliphatic heterocycles. The summed E-state index contributed by atoms with van der Waals surface area (Å²) in [6, 6.07) is 0.488. The van der Waals surface area contributed by atoms with Gasteiger partial charge in [-0.2, -0.15) is 26.3 Å². The predicted molar refractivity (Wildman–Crippen MR) is 76.1 cm³/mol. The molecule has 0 saturated heterocycles. The van der Waals surface area contributed by atoms with E-state index in [1.807, 2.05) is 0 Å². The van der Waals surface area contributed by atoms with Crippen LogP contribution in [0.15, 0.2) is 18.2 Å². The Bertz CT molecular complexity index is 624. The highest BCUT2D eigenvalue weighted by molar-refractivity contribution is 5.95. The van der Waals surface area contributed by atoms with Gasteiger partial charge in [0.05, 0.1) is 31.3 Å². The van der Waals surface area contributed by atoms with Crippen molar-refractivity contribution >= 4 is 11.9 Å². The minimum atomic E-state index is -5.09. The molecule has 1 aromatic carbocycles. The highest BCUT2D eigenvalue weighted by Gasteiger charge is 2.37.